The van der Waals surface area contributed by atoms with Gasteiger partial charge in [-0.3, -0.25) is 0 Å². The fraction of sp³-hybridized carbons (Fsp3) is 0.917. The number of piperidine rings is 1. The van der Waals surface area contributed by atoms with Crippen LogP contribution in [0.5, 0.6) is 0 Å². The molecule has 0 aromatic rings. The minimum Gasteiger partial charge on any atom is -0.381 e. The van der Waals surface area contributed by atoms with E-state index in [1.807, 2.05) is 32.6 Å². The number of urea groups is 1. The van der Waals surface area contributed by atoms with Crippen LogP contribution in [0.1, 0.15) is 40.5 Å². The summed E-state index contributed by atoms with van der Waals surface area (Å²) in [7, 11) is 1.74. The molecule has 0 aromatic carbocycles. The predicted octanol–water partition coefficient (Wildman–Crippen LogP) is 2.24. The van der Waals surface area contributed by atoms with E-state index in [2.05, 4.69) is 5.32 Å². The lowest BCUT2D eigenvalue weighted by molar-refractivity contribution is 0.0365. The lowest BCUT2D eigenvalue weighted by Gasteiger charge is -2.32. The fourth-order valence-corrected chi connectivity index (χ4v) is 2.00. The molecule has 0 aromatic heterocycles. The number of carbonyl (C=O) groups is 1. The number of hydrogen-bond acceptors (Lipinski definition) is 2. The first kappa shape index (κ1) is 15.2. The lowest BCUT2D eigenvalue weighted by Crippen LogP contribution is -2.43. The quantitative estimate of drug-likeness (QED) is 0.750. The molecule has 2 fully saturated rings. The van der Waals surface area contributed by atoms with Gasteiger partial charge in [0.1, 0.15) is 0 Å². The van der Waals surface area contributed by atoms with Crippen LogP contribution in [0.4, 0.5) is 4.79 Å². The van der Waals surface area contributed by atoms with E-state index in [1.165, 1.54) is 0 Å². The first-order chi connectivity index (χ1) is 7.81. The van der Waals surface area contributed by atoms with Gasteiger partial charge in [-0.25, -0.2) is 4.79 Å². The second-order valence-electron chi connectivity index (χ2n) is 3.42. The molecule has 2 atom stereocenters. The van der Waals surface area contributed by atoms with Crippen molar-refractivity contribution in [1.82, 2.24) is 10.2 Å². The summed E-state index contributed by atoms with van der Waals surface area (Å²) in [6.45, 7) is 9.63. The van der Waals surface area contributed by atoms with Crippen LogP contribution >= 0.6 is 0 Å². The smallest absolute Gasteiger partial charge is 0.317 e. The summed E-state index contributed by atoms with van der Waals surface area (Å²) >= 11 is 0. The molecule has 16 heavy (non-hydrogen) atoms. The summed E-state index contributed by atoms with van der Waals surface area (Å²) < 4.78 is 5.27. The number of methoxy groups -OCH3 is 1. The molecule has 2 heterocycles. The highest BCUT2D eigenvalue weighted by Crippen LogP contribution is 2.22. The molecular formula is C12H26N2O2. The molecular weight excluding hydrogens is 204 g/mol. The number of nitrogens with zero attached hydrogens (tertiary/aromatic N) is 1. The zero-order chi connectivity index (χ0) is 12.6. The largest absolute Gasteiger partial charge is 0.381 e. The van der Waals surface area contributed by atoms with Gasteiger partial charge in [0, 0.05) is 20.2 Å². The summed E-state index contributed by atoms with van der Waals surface area (Å²) in [5.41, 5.74) is 0. The van der Waals surface area contributed by atoms with Crippen molar-refractivity contribution < 1.29 is 9.53 Å². The van der Waals surface area contributed by atoms with Crippen LogP contribution in [0.25, 0.3) is 0 Å². The maximum atomic E-state index is 11.2. The van der Waals surface area contributed by atoms with Crippen molar-refractivity contribution in [2.45, 2.75) is 52.7 Å². The normalized spacial score (nSPS) is 26.8. The topological polar surface area (TPSA) is 41.6 Å². The van der Waals surface area contributed by atoms with Gasteiger partial charge in [0.15, 0.2) is 0 Å². The molecule has 0 saturated carbocycles. The number of carbonyl (C=O) groups excluding carboxylic acids is 1. The molecule has 0 aliphatic carbocycles. The monoisotopic (exact) mass is 230 g/mol. The number of amides is 2. The Morgan fingerprint density at radius 2 is 1.94 bits per heavy atom. The molecule has 2 rings (SSSR count). The van der Waals surface area contributed by atoms with E-state index < -0.39 is 0 Å². The molecule has 1 N–H and O–H groups in total. The van der Waals surface area contributed by atoms with Gasteiger partial charge in [0.05, 0.1) is 12.1 Å². The average Bonchev–Trinajstić information content (AvgIpc) is 2.75. The van der Waals surface area contributed by atoms with E-state index in [9.17, 15) is 4.79 Å². The van der Waals surface area contributed by atoms with Crippen LogP contribution in [0.3, 0.4) is 0 Å². The van der Waals surface area contributed by atoms with Crippen LogP contribution in [0.2, 0.25) is 0 Å². The van der Waals surface area contributed by atoms with Gasteiger partial charge in [0.2, 0.25) is 0 Å². The summed E-state index contributed by atoms with van der Waals surface area (Å²) in [6, 6.07) is 0.464. The summed E-state index contributed by atoms with van der Waals surface area (Å²) in [6.07, 6.45) is 2.30. The van der Waals surface area contributed by atoms with E-state index >= 15 is 0 Å². The van der Waals surface area contributed by atoms with Crippen LogP contribution < -0.4 is 5.32 Å². The summed E-state index contributed by atoms with van der Waals surface area (Å²) in [5, 5.41) is 2.84. The Balaban J connectivity index is 0.000000509. The highest BCUT2D eigenvalue weighted by molar-refractivity contribution is 5.77. The highest BCUT2D eigenvalue weighted by atomic mass is 16.5. The standard InChI is InChI=1S/C8H14N2O2.2C2H6/c1-12-7-2-3-10-6(4-7)5-9-8(10)11;2*1-2/h6-7H,2-5H2,1H3,(H,9,11);2*1-2H3. The van der Waals surface area contributed by atoms with Gasteiger partial charge in [-0.1, -0.05) is 27.7 Å². The van der Waals surface area contributed by atoms with Crippen LogP contribution in [-0.4, -0.2) is 43.3 Å². The Labute approximate surface area is 99.3 Å². The molecule has 2 unspecified atom stereocenters. The molecule has 0 radical (unpaired) electrons. The first-order valence-corrected chi connectivity index (χ1v) is 6.38. The third-order valence-corrected chi connectivity index (χ3v) is 2.75. The maximum Gasteiger partial charge on any atom is 0.317 e. The zero-order valence-corrected chi connectivity index (χ0v) is 11.2. The Kier molecular flexibility index (Phi) is 7.99. The van der Waals surface area contributed by atoms with Gasteiger partial charge in [-0.15, -0.1) is 0 Å². The van der Waals surface area contributed by atoms with E-state index in [0.717, 1.165) is 25.9 Å². The summed E-state index contributed by atoms with van der Waals surface area (Å²) in [5.74, 6) is 0. The Morgan fingerprint density at radius 1 is 1.31 bits per heavy atom. The van der Waals surface area contributed by atoms with Crippen LogP contribution in [0, 0.1) is 0 Å². The van der Waals surface area contributed by atoms with Gasteiger partial charge in [0.25, 0.3) is 0 Å². The minimum atomic E-state index is 0.0922. The minimum absolute atomic E-state index is 0.0922. The van der Waals surface area contributed by atoms with E-state index in [1.54, 1.807) is 7.11 Å². The van der Waals surface area contributed by atoms with E-state index in [0.29, 0.717) is 12.1 Å². The van der Waals surface area contributed by atoms with Crippen LogP contribution in [-0.2, 0) is 4.74 Å². The van der Waals surface area contributed by atoms with E-state index in [4.69, 9.17) is 4.74 Å². The molecule has 2 amide bonds. The van der Waals surface area contributed by atoms with Gasteiger partial charge in [-0.05, 0) is 12.8 Å². The second kappa shape index (κ2) is 8.39. The Morgan fingerprint density at radius 3 is 2.50 bits per heavy atom. The maximum absolute atomic E-state index is 11.2. The van der Waals surface area contributed by atoms with Crippen molar-refractivity contribution in [3.05, 3.63) is 0 Å². The lowest BCUT2D eigenvalue weighted by atomic mass is 10.0. The van der Waals surface area contributed by atoms with Gasteiger partial charge in [-0.2, -0.15) is 0 Å². The first-order valence-electron chi connectivity index (χ1n) is 6.38. The van der Waals surface area contributed by atoms with E-state index in [-0.39, 0.29) is 6.03 Å². The molecule has 4 heteroatoms. The average molecular weight is 230 g/mol. The number of fused-ring (bicyclic) bond motifs is 1. The Bertz CT molecular complexity index is 197. The van der Waals surface area contributed by atoms with Crippen molar-refractivity contribution in [3.63, 3.8) is 0 Å². The van der Waals surface area contributed by atoms with Crippen molar-refractivity contribution in [3.8, 4) is 0 Å². The molecule has 96 valence electrons. The van der Waals surface area contributed by atoms with Gasteiger partial charge >= 0.3 is 6.03 Å². The highest BCUT2D eigenvalue weighted by Gasteiger charge is 2.36. The number of ether oxygens (including phenoxy) is 1. The third kappa shape index (κ3) is 3.67. The number of nitrogens with one attached hydrogen (secondary N) is 1. The van der Waals surface area contributed by atoms with Crippen molar-refractivity contribution in [2.75, 3.05) is 20.2 Å². The Hall–Kier alpha value is -0.770. The zero-order valence-electron chi connectivity index (χ0n) is 11.2. The number of rotatable bonds is 1. The molecule has 2 saturated heterocycles. The van der Waals surface area contributed by atoms with Crippen LogP contribution in [0.15, 0.2) is 0 Å². The molecule has 0 bridgehead atoms. The fourth-order valence-electron chi connectivity index (χ4n) is 2.00. The van der Waals surface area contributed by atoms with Gasteiger partial charge < -0.3 is 15.0 Å². The van der Waals surface area contributed by atoms with Crippen molar-refractivity contribution in [1.29, 1.82) is 0 Å². The van der Waals surface area contributed by atoms with Crippen molar-refractivity contribution in [2.24, 2.45) is 0 Å². The summed E-state index contributed by atoms with van der Waals surface area (Å²) in [4.78, 5) is 13.1. The predicted molar refractivity (Wildman–Crippen MR) is 66.6 cm³/mol. The molecule has 4 nitrogen and oxygen atoms in total. The van der Waals surface area contributed by atoms with Crippen molar-refractivity contribution >= 4 is 6.03 Å². The number of hydrogen-bond donors (Lipinski definition) is 1. The second-order valence-corrected chi connectivity index (χ2v) is 3.42. The molecule has 2 aliphatic heterocycles. The third-order valence-electron chi connectivity index (χ3n) is 2.75. The SMILES string of the molecule is CC.CC.COC1CCN2C(=O)NCC2C1. The molecule has 2 aliphatic rings. The molecule has 0 spiro atoms.